The van der Waals surface area contributed by atoms with Crippen molar-refractivity contribution in [2.45, 2.75) is 39.3 Å². The van der Waals surface area contributed by atoms with Crippen LogP contribution in [0.25, 0.3) is 0 Å². The summed E-state index contributed by atoms with van der Waals surface area (Å²) in [5, 5.41) is 3.37. The van der Waals surface area contributed by atoms with Crippen LogP contribution in [0.2, 0.25) is 0 Å². The fourth-order valence-corrected chi connectivity index (χ4v) is 1.44. The van der Waals surface area contributed by atoms with Gasteiger partial charge in [-0.15, -0.1) is 0 Å². The molecule has 1 aromatic rings. The first-order chi connectivity index (χ1) is 7.79. The van der Waals surface area contributed by atoms with E-state index in [4.69, 9.17) is 4.74 Å². The van der Waals surface area contributed by atoms with Gasteiger partial charge in [0.15, 0.2) is 0 Å². The predicted octanol–water partition coefficient (Wildman–Crippen LogP) is 1.68. The van der Waals surface area contributed by atoms with Crippen molar-refractivity contribution in [2.75, 3.05) is 19.8 Å². The van der Waals surface area contributed by atoms with Gasteiger partial charge in [0.1, 0.15) is 0 Å². The molecule has 1 heterocycles. The molecule has 0 radical (unpaired) electrons. The molecule has 0 aliphatic rings. The van der Waals surface area contributed by atoms with Crippen molar-refractivity contribution in [3.63, 3.8) is 0 Å². The van der Waals surface area contributed by atoms with E-state index in [1.54, 1.807) is 6.20 Å². The van der Waals surface area contributed by atoms with E-state index < -0.39 is 0 Å². The zero-order valence-corrected chi connectivity index (χ0v) is 10.4. The lowest BCUT2D eigenvalue weighted by Crippen LogP contribution is -2.24. The third-order valence-electron chi connectivity index (χ3n) is 2.28. The van der Waals surface area contributed by atoms with Crippen LogP contribution >= 0.6 is 0 Å². The van der Waals surface area contributed by atoms with Crippen molar-refractivity contribution in [2.24, 2.45) is 0 Å². The molecule has 0 saturated heterocycles. The number of ether oxygens (including phenoxy) is 1. The van der Waals surface area contributed by atoms with Crippen molar-refractivity contribution in [1.82, 2.24) is 14.9 Å². The third kappa shape index (κ3) is 6.58. The lowest BCUT2D eigenvalue weighted by molar-refractivity contribution is 0.126. The van der Waals surface area contributed by atoms with Crippen molar-refractivity contribution in [1.29, 1.82) is 0 Å². The smallest absolute Gasteiger partial charge is 0.0945 e. The highest BCUT2D eigenvalue weighted by Gasteiger charge is 1.93. The topological polar surface area (TPSA) is 39.1 Å². The maximum Gasteiger partial charge on any atom is 0.0945 e. The fraction of sp³-hybridized carbons (Fsp3) is 0.750. The summed E-state index contributed by atoms with van der Waals surface area (Å²) in [6.45, 7) is 8.03. The van der Waals surface area contributed by atoms with Crippen LogP contribution in [0.5, 0.6) is 0 Å². The van der Waals surface area contributed by atoms with E-state index in [9.17, 15) is 0 Å². The second-order valence-electron chi connectivity index (χ2n) is 4.23. The predicted molar refractivity (Wildman–Crippen MR) is 65.4 cm³/mol. The summed E-state index contributed by atoms with van der Waals surface area (Å²) in [5.74, 6) is 0. The summed E-state index contributed by atoms with van der Waals surface area (Å²) in [4.78, 5) is 3.99. The summed E-state index contributed by atoms with van der Waals surface area (Å²) >= 11 is 0. The molecular formula is C12H23N3O. The number of hydrogen-bond acceptors (Lipinski definition) is 3. The van der Waals surface area contributed by atoms with E-state index in [0.29, 0.717) is 6.04 Å². The summed E-state index contributed by atoms with van der Waals surface area (Å²) < 4.78 is 7.61. The lowest BCUT2D eigenvalue weighted by Gasteiger charge is -2.08. The van der Waals surface area contributed by atoms with Crippen LogP contribution < -0.4 is 5.32 Å². The van der Waals surface area contributed by atoms with Gasteiger partial charge in [-0.3, -0.25) is 0 Å². The molecule has 0 aliphatic carbocycles. The molecule has 92 valence electrons. The van der Waals surface area contributed by atoms with Gasteiger partial charge in [-0.05, 0) is 19.4 Å². The minimum atomic E-state index is 0.571. The van der Waals surface area contributed by atoms with Gasteiger partial charge < -0.3 is 14.6 Å². The molecule has 1 aromatic heterocycles. The maximum absolute atomic E-state index is 5.54. The van der Waals surface area contributed by atoms with Crippen LogP contribution in [0, 0.1) is 0 Å². The average Bonchev–Trinajstić information content (AvgIpc) is 2.74. The van der Waals surface area contributed by atoms with Gasteiger partial charge in [0.05, 0.1) is 6.33 Å². The standard InChI is InChI=1S/C12H23N3O/c1-12(2)14-5-3-9-16-10-4-7-15-8-6-13-11-15/h6,8,11-12,14H,3-5,7,9-10H2,1-2H3. The third-order valence-corrected chi connectivity index (χ3v) is 2.28. The van der Waals surface area contributed by atoms with Crippen LogP contribution in [-0.2, 0) is 11.3 Å². The van der Waals surface area contributed by atoms with Crippen LogP contribution in [0.3, 0.4) is 0 Å². The van der Waals surface area contributed by atoms with Gasteiger partial charge in [0.25, 0.3) is 0 Å². The molecule has 0 unspecified atom stereocenters. The molecule has 1 rings (SSSR count). The quantitative estimate of drug-likeness (QED) is 0.650. The highest BCUT2D eigenvalue weighted by molar-refractivity contribution is 4.73. The number of rotatable bonds is 9. The first kappa shape index (κ1) is 13.2. The van der Waals surface area contributed by atoms with Crippen molar-refractivity contribution in [3.05, 3.63) is 18.7 Å². The molecule has 4 heteroatoms. The SMILES string of the molecule is CC(C)NCCCOCCCn1ccnc1. The van der Waals surface area contributed by atoms with Crippen LogP contribution in [0.1, 0.15) is 26.7 Å². The molecule has 1 N–H and O–H groups in total. The maximum atomic E-state index is 5.54. The number of hydrogen-bond donors (Lipinski definition) is 1. The molecule has 0 aromatic carbocycles. The molecular weight excluding hydrogens is 202 g/mol. The number of nitrogens with one attached hydrogen (secondary N) is 1. The minimum Gasteiger partial charge on any atom is -0.381 e. The van der Waals surface area contributed by atoms with Crippen LogP contribution in [0.15, 0.2) is 18.7 Å². The van der Waals surface area contributed by atoms with E-state index in [-0.39, 0.29) is 0 Å². The summed E-state index contributed by atoms with van der Waals surface area (Å²) in [7, 11) is 0. The Balaban J connectivity index is 1.82. The highest BCUT2D eigenvalue weighted by Crippen LogP contribution is 1.92. The molecule has 0 fully saturated rings. The van der Waals surface area contributed by atoms with Crippen molar-refractivity contribution < 1.29 is 4.74 Å². The van der Waals surface area contributed by atoms with E-state index in [1.807, 2.05) is 12.5 Å². The Morgan fingerprint density at radius 3 is 2.81 bits per heavy atom. The molecule has 0 bridgehead atoms. The Labute approximate surface area is 98.0 Å². The Bertz CT molecular complexity index is 247. The Kier molecular flexibility index (Phi) is 6.85. The Hall–Kier alpha value is -0.870. The lowest BCUT2D eigenvalue weighted by atomic mass is 10.3. The average molecular weight is 225 g/mol. The molecule has 0 amide bonds. The van der Waals surface area contributed by atoms with Gasteiger partial charge in [0.2, 0.25) is 0 Å². The first-order valence-electron chi connectivity index (χ1n) is 6.06. The van der Waals surface area contributed by atoms with E-state index in [1.165, 1.54) is 0 Å². The van der Waals surface area contributed by atoms with Crippen molar-refractivity contribution in [3.8, 4) is 0 Å². The van der Waals surface area contributed by atoms with E-state index in [2.05, 4.69) is 28.7 Å². The van der Waals surface area contributed by atoms with E-state index in [0.717, 1.165) is 39.1 Å². The summed E-state index contributed by atoms with van der Waals surface area (Å²) in [6, 6.07) is 0.571. The van der Waals surface area contributed by atoms with Crippen LogP contribution in [0.4, 0.5) is 0 Å². The molecule has 4 nitrogen and oxygen atoms in total. The molecule has 0 aliphatic heterocycles. The monoisotopic (exact) mass is 225 g/mol. The largest absolute Gasteiger partial charge is 0.381 e. The second-order valence-corrected chi connectivity index (χ2v) is 4.23. The number of imidazole rings is 1. The molecule has 16 heavy (non-hydrogen) atoms. The zero-order valence-electron chi connectivity index (χ0n) is 10.4. The van der Waals surface area contributed by atoms with Crippen molar-refractivity contribution >= 4 is 0 Å². The first-order valence-corrected chi connectivity index (χ1v) is 6.06. The number of aryl methyl sites for hydroxylation is 1. The Morgan fingerprint density at radius 2 is 2.12 bits per heavy atom. The zero-order chi connectivity index (χ0) is 11.6. The molecule has 0 atom stereocenters. The van der Waals surface area contributed by atoms with Gasteiger partial charge in [-0.2, -0.15) is 0 Å². The van der Waals surface area contributed by atoms with Gasteiger partial charge >= 0.3 is 0 Å². The second kappa shape index (κ2) is 8.30. The summed E-state index contributed by atoms with van der Waals surface area (Å²) in [6.07, 6.45) is 7.76. The molecule has 0 spiro atoms. The van der Waals surface area contributed by atoms with Gasteiger partial charge in [0, 0.05) is 38.2 Å². The van der Waals surface area contributed by atoms with E-state index >= 15 is 0 Å². The fourth-order valence-electron chi connectivity index (χ4n) is 1.44. The van der Waals surface area contributed by atoms with Gasteiger partial charge in [-0.1, -0.05) is 13.8 Å². The minimum absolute atomic E-state index is 0.571. The normalized spacial score (nSPS) is 11.2. The van der Waals surface area contributed by atoms with Crippen LogP contribution in [-0.4, -0.2) is 35.4 Å². The number of aromatic nitrogens is 2. The van der Waals surface area contributed by atoms with Gasteiger partial charge in [-0.25, -0.2) is 4.98 Å². The highest BCUT2D eigenvalue weighted by atomic mass is 16.5. The number of nitrogens with zero attached hydrogens (tertiary/aromatic N) is 2. The Morgan fingerprint density at radius 1 is 1.31 bits per heavy atom. The summed E-state index contributed by atoms with van der Waals surface area (Å²) in [5.41, 5.74) is 0. The molecule has 0 saturated carbocycles.